The fourth-order valence-corrected chi connectivity index (χ4v) is 1.53. The van der Waals surface area contributed by atoms with Crippen molar-refractivity contribution in [2.45, 2.75) is 19.8 Å². The Labute approximate surface area is 109 Å². The molecule has 1 aromatic heterocycles. The van der Waals surface area contributed by atoms with E-state index in [-0.39, 0.29) is 23.9 Å². The van der Waals surface area contributed by atoms with Gasteiger partial charge in [0.1, 0.15) is 11.7 Å². The predicted octanol–water partition coefficient (Wildman–Crippen LogP) is 2.54. The first-order chi connectivity index (χ1) is 9.13. The Morgan fingerprint density at radius 3 is 2.89 bits per heavy atom. The average Bonchev–Trinajstić information content (AvgIpc) is 2.88. The summed E-state index contributed by atoms with van der Waals surface area (Å²) in [5, 5.41) is 3.68. The molecule has 0 radical (unpaired) electrons. The van der Waals surface area contributed by atoms with Crippen LogP contribution in [0.15, 0.2) is 28.8 Å². The molecule has 2 rings (SSSR count). The molecule has 1 aromatic carbocycles. The first kappa shape index (κ1) is 13.2. The quantitative estimate of drug-likeness (QED) is 0.794. The maximum absolute atomic E-state index is 13.6. The van der Waals surface area contributed by atoms with Gasteiger partial charge in [-0.05, 0) is 26.0 Å². The second kappa shape index (κ2) is 5.60. The number of halogens is 1. The summed E-state index contributed by atoms with van der Waals surface area (Å²) >= 11 is 0. The summed E-state index contributed by atoms with van der Waals surface area (Å²) in [6.45, 7) is 3.58. The van der Waals surface area contributed by atoms with Gasteiger partial charge < -0.3 is 9.26 Å². The summed E-state index contributed by atoms with van der Waals surface area (Å²) < 4.78 is 23.4. The summed E-state index contributed by atoms with van der Waals surface area (Å²) in [6.07, 6.45) is 0. The lowest BCUT2D eigenvalue weighted by Gasteiger charge is -2.04. The minimum atomic E-state index is -0.673. The molecule has 0 aliphatic heterocycles. The van der Waals surface area contributed by atoms with Gasteiger partial charge in [0, 0.05) is 0 Å². The lowest BCUT2D eigenvalue weighted by atomic mass is 10.2. The molecule has 0 saturated heterocycles. The normalized spacial score (nSPS) is 12.2. The predicted molar refractivity (Wildman–Crippen MR) is 64.7 cm³/mol. The van der Waals surface area contributed by atoms with Gasteiger partial charge in [-0.25, -0.2) is 4.39 Å². The third-order valence-electron chi connectivity index (χ3n) is 2.57. The van der Waals surface area contributed by atoms with E-state index in [2.05, 4.69) is 10.1 Å². The van der Waals surface area contributed by atoms with E-state index >= 15 is 0 Å². The molecule has 0 amide bonds. The van der Waals surface area contributed by atoms with E-state index in [4.69, 9.17) is 9.26 Å². The number of hydrogen-bond donors (Lipinski definition) is 0. The monoisotopic (exact) mass is 264 g/mol. The molecule has 0 saturated carbocycles. The molecule has 19 heavy (non-hydrogen) atoms. The molecular weight excluding hydrogens is 251 g/mol. The Morgan fingerprint density at radius 1 is 1.47 bits per heavy atom. The second-order valence-corrected chi connectivity index (χ2v) is 3.91. The molecular formula is C13H13FN2O3. The molecule has 0 aliphatic rings. The molecule has 100 valence electrons. The Hall–Kier alpha value is -2.24. The van der Waals surface area contributed by atoms with Crippen LogP contribution in [-0.4, -0.2) is 22.7 Å². The maximum atomic E-state index is 13.6. The van der Waals surface area contributed by atoms with E-state index in [9.17, 15) is 9.18 Å². The third kappa shape index (κ3) is 2.78. The zero-order valence-electron chi connectivity index (χ0n) is 10.6. The minimum absolute atomic E-state index is 0.108. The molecule has 1 atom stereocenters. The number of rotatable bonds is 4. The van der Waals surface area contributed by atoms with Gasteiger partial charge in [0.05, 0.1) is 12.2 Å². The van der Waals surface area contributed by atoms with Crippen LogP contribution in [0.1, 0.15) is 25.7 Å². The highest BCUT2D eigenvalue weighted by Crippen LogP contribution is 2.22. The number of benzene rings is 1. The summed E-state index contributed by atoms with van der Waals surface area (Å²) in [5.41, 5.74) is 0.230. The first-order valence-electron chi connectivity index (χ1n) is 5.88. The van der Waals surface area contributed by atoms with Crippen molar-refractivity contribution in [3.63, 3.8) is 0 Å². The molecule has 1 heterocycles. The van der Waals surface area contributed by atoms with Crippen LogP contribution in [0.4, 0.5) is 4.39 Å². The van der Waals surface area contributed by atoms with Crippen molar-refractivity contribution in [1.29, 1.82) is 0 Å². The number of ether oxygens (including phenoxy) is 1. The van der Waals surface area contributed by atoms with Gasteiger partial charge in [0.25, 0.3) is 0 Å². The molecule has 0 spiro atoms. The molecule has 0 fully saturated rings. The Kier molecular flexibility index (Phi) is 3.89. The van der Waals surface area contributed by atoms with Crippen LogP contribution in [0.3, 0.4) is 0 Å². The largest absolute Gasteiger partial charge is 0.465 e. The summed E-state index contributed by atoms with van der Waals surface area (Å²) in [7, 11) is 0. The third-order valence-corrected chi connectivity index (χ3v) is 2.57. The number of carbonyl (C=O) groups is 1. The van der Waals surface area contributed by atoms with E-state index in [1.807, 2.05) is 0 Å². The lowest BCUT2D eigenvalue weighted by molar-refractivity contribution is -0.145. The van der Waals surface area contributed by atoms with Crippen molar-refractivity contribution in [1.82, 2.24) is 10.1 Å². The van der Waals surface area contributed by atoms with Gasteiger partial charge >= 0.3 is 5.97 Å². The smallest absolute Gasteiger partial charge is 0.318 e. The first-order valence-corrected chi connectivity index (χ1v) is 5.88. The number of aromatic nitrogens is 2. The number of carbonyl (C=O) groups excluding carboxylic acids is 1. The highest BCUT2D eigenvalue weighted by molar-refractivity contribution is 5.76. The van der Waals surface area contributed by atoms with Crippen molar-refractivity contribution in [2.24, 2.45) is 0 Å². The van der Waals surface area contributed by atoms with Crippen LogP contribution in [-0.2, 0) is 9.53 Å². The van der Waals surface area contributed by atoms with Gasteiger partial charge in [-0.2, -0.15) is 4.98 Å². The molecule has 0 bridgehead atoms. The SMILES string of the molecule is CCOC(=O)C(C)c1nc(-c2ccccc2F)no1. The molecule has 0 N–H and O–H groups in total. The maximum Gasteiger partial charge on any atom is 0.318 e. The van der Waals surface area contributed by atoms with Crippen molar-refractivity contribution in [2.75, 3.05) is 6.61 Å². The Morgan fingerprint density at radius 2 is 2.21 bits per heavy atom. The number of hydrogen-bond acceptors (Lipinski definition) is 5. The number of esters is 1. The van der Waals surface area contributed by atoms with Crippen molar-refractivity contribution in [3.8, 4) is 11.4 Å². The van der Waals surface area contributed by atoms with Gasteiger partial charge in [-0.15, -0.1) is 0 Å². The molecule has 1 unspecified atom stereocenters. The van der Waals surface area contributed by atoms with Crippen LogP contribution in [0, 0.1) is 5.82 Å². The number of nitrogens with zero attached hydrogens (tertiary/aromatic N) is 2. The Balaban J connectivity index is 2.24. The summed E-state index contributed by atoms with van der Waals surface area (Å²) in [6, 6.07) is 6.09. The zero-order valence-corrected chi connectivity index (χ0v) is 10.6. The minimum Gasteiger partial charge on any atom is -0.465 e. The average molecular weight is 264 g/mol. The zero-order chi connectivity index (χ0) is 13.8. The van der Waals surface area contributed by atoms with Crippen LogP contribution in [0.25, 0.3) is 11.4 Å². The molecule has 0 aliphatic carbocycles. The van der Waals surface area contributed by atoms with Crippen molar-refractivity contribution >= 4 is 5.97 Å². The molecule has 6 heteroatoms. The topological polar surface area (TPSA) is 65.2 Å². The van der Waals surface area contributed by atoms with Gasteiger partial charge in [-0.1, -0.05) is 17.3 Å². The van der Waals surface area contributed by atoms with E-state index in [0.29, 0.717) is 0 Å². The highest BCUT2D eigenvalue weighted by Gasteiger charge is 2.24. The Bertz CT molecular complexity index is 583. The highest BCUT2D eigenvalue weighted by atomic mass is 19.1. The van der Waals surface area contributed by atoms with Crippen LogP contribution in [0.5, 0.6) is 0 Å². The van der Waals surface area contributed by atoms with E-state index in [0.717, 1.165) is 0 Å². The second-order valence-electron chi connectivity index (χ2n) is 3.91. The van der Waals surface area contributed by atoms with Crippen LogP contribution in [0.2, 0.25) is 0 Å². The fourth-order valence-electron chi connectivity index (χ4n) is 1.53. The van der Waals surface area contributed by atoms with Gasteiger partial charge in [-0.3, -0.25) is 4.79 Å². The van der Waals surface area contributed by atoms with Crippen LogP contribution >= 0.6 is 0 Å². The van der Waals surface area contributed by atoms with Gasteiger partial charge in [0.15, 0.2) is 0 Å². The van der Waals surface area contributed by atoms with Crippen molar-refractivity contribution in [3.05, 3.63) is 36.0 Å². The summed E-state index contributed by atoms with van der Waals surface area (Å²) in [4.78, 5) is 15.6. The molecule has 2 aromatic rings. The van der Waals surface area contributed by atoms with E-state index in [1.54, 1.807) is 32.0 Å². The molecule has 5 nitrogen and oxygen atoms in total. The van der Waals surface area contributed by atoms with Crippen molar-refractivity contribution < 1.29 is 18.4 Å². The van der Waals surface area contributed by atoms with E-state index in [1.165, 1.54) is 6.07 Å². The summed E-state index contributed by atoms with van der Waals surface area (Å²) in [5.74, 6) is -1.35. The van der Waals surface area contributed by atoms with Crippen LogP contribution < -0.4 is 0 Å². The lowest BCUT2D eigenvalue weighted by Crippen LogP contribution is -2.13. The van der Waals surface area contributed by atoms with Gasteiger partial charge in [0.2, 0.25) is 11.7 Å². The standard InChI is InChI=1S/C13H13FN2O3/c1-3-18-13(17)8(2)12-15-11(16-19-12)9-6-4-5-7-10(9)14/h4-8H,3H2,1-2H3. The fraction of sp³-hybridized carbons (Fsp3) is 0.308. The van der Waals surface area contributed by atoms with E-state index < -0.39 is 17.7 Å².